The summed E-state index contributed by atoms with van der Waals surface area (Å²) in [6, 6.07) is 14.6. The first-order chi connectivity index (χ1) is 15.8. The predicted octanol–water partition coefficient (Wildman–Crippen LogP) is 3.66. The molecule has 0 fully saturated rings. The molecule has 0 aliphatic carbocycles. The van der Waals surface area contributed by atoms with Gasteiger partial charge in [-0.25, -0.2) is 13.1 Å². The number of hydrogen-bond donors (Lipinski definition) is 2. The lowest BCUT2D eigenvalue weighted by Gasteiger charge is -2.25. The van der Waals surface area contributed by atoms with E-state index >= 15 is 0 Å². The summed E-state index contributed by atoms with van der Waals surface area (Å²) < 4.78 is 43.9. The molecule has 1 aliphatic heterocycles. The number of rotatable bonds is 8. The van der Waals surface area contributed by atoms with Gasteiger partial charge < -0.3 is 19.2 Å². The van der Waals surface area contributed by atoms with Crippen LogP contribution < -0.4 is 19.5 Å². The molecule has 1 atom stereocenters. The third-order valence-electron chi connectivity index (χ3n) is 5.32. The highest BCUT2D eigenvalue weighted by atomic mass is 32.2. The van der Waals surface area contributed by atoms with E-state index in [4.69, 9.17) is 13.9 Å². The summed E-state index contributed by atoms with van der Waals surface area (Å²) in [6.07, 6.45) is 1.48. The Morgan fingerprint density at radius 2 is 1.73 bits per heavy atom. The molecule has 1 unspecified atom stereocenters. The Morgan fingerprint density at radius 3 is 2.39 bits per heavy atom. The monoisotopic (exact) mass is 470 g/mol. The van der Waals surface area contributed by atoms with E-state index in [1.165, 1.54) is 30.5 Å². The normalized spacial score (nSPS) is 14.2. The molecule has 2 aromatic carbocycles. The van der Waals surface area contributed by atoms with Crippen LogP contribution in [0.3, 0.4) is 0 Å². The van der Waals surface area contributed by atoms with Gasteiger partial charge >= 0.3 is 0 Å². The minimum atomic E-state index is -3.73. The number of carbonyl (C=O) groups excluding carboxylic acids is 1. The molecule has 174 valence electrons. The minimum absolute atomic E-state index is 0.0448. The van der Waals surface area contributed by atoms with Crippen LogP contribution in [0.15, 0.2) is 70.2 Å². The summed E-state index contributed by atoms with van der Waals surface area (Å²) in [6.45, 7) is 5.08. The van der Waals surface area contributed by atoms with Gasteiger partial charge in [0.15, 0.2) is 11.5 Å². The number of furan rings is 1. The van der Waals surface area contributed by atoms with Gasteiger partial charge in [-0.3, -0.25) is 4.79 Å². The lowest BCUT2D eigenvalue weighted by atomic mass is 9.95. The fraction of sp³-hybridized carbons (Fsp3) is 0.292. The Hall–Kier alpha value is -3.30. The Morgan fingerprint density at radius 1 is 1.00 bits per heavy atom. The van der Waals surface area contributed by atoms with Crippen LogP contribution in [0.2, 0.25) is 0 Å². The molecule has 0 saturated carbocycles. The molecule has 0 spiro atoms. The van der Waals surface area contributed by atoms with Crippen molar-refractivity contribution < 1.29 is 27.1 Å². The molecule has 0 saturated heterocycles. The third-order valence-corrected chi connectivity index (χ3v) is 6.74. The van der Waals surface area contributed by atoms with Crippen molar-refractivity contribution in [1.82, 2.24) is 10.0 Å². The maximum absolute atomic E-state index is 12.9. The van der Waals surface area contributed by atoms with Gasteiger partial charge in [0, 0.05) is 5.56 Å². The first-order valence-electron chi connectivity index (χ1n) is 10.7. The van der Waals surface area contributed by atoms with Crippen LogP contribution in [0.5, 0.6) is 11.5 Å². The van der Waals surface area contributed by atoms with Crippen molar-refractivity contribution in [2.45, 2.75) is 31.3 Å². The Balaban J connectivity index is 1.45. The van der Waals surface area contributed by atoms with Gasteiger partial charge in [0.05, 0.1) is 23.7 Å². The van der Waals surface area contributed by atoms with Crippen LogP contribution >= 0.6 is 0 Å². The maximum atomic E-state index is 12.9. The van der Waals surface area contributed by atoms with E-state index in [9.17, 15) is 13.2 Å². The molecule has 1 aromatic heterocycles. The van der Waals surface area contributed by atoms with E-state index in [0.29, 0.717) is 36.0 Å². The molecule has 4 rings (SSSR count). The fourth-order valence-corrected chi connectivity index (χ4v) is 4.55. The average Bonchev–Trinajstić information content (AvgIpc) is 3.34. The van der Waals surface area contributed by atoms with Crippen LogP contribution in [-0.2, 0) is 16.6 Å². The second-order valence-corrected chi connectivity index (χ2v) is 9.79. The molecule has 9 heteroatoms. The van der Waals surface area contributed by atoms with Crippen LogP contribution in [0, 0.1) is 5.92 Å². The number of sulfonamides is 1. The number of amides is 1. The highest BCUT2D eigenvalue weighted by molar-refractivity contribution is 7.89. The zero-order valence-electron chi connectivity index (χ0n) is 18.4. The van der Waals surface area contributed by atoms with Gasteiger partial charge in [-0.1, -0.05) is 19.9 Å². The van der Waals surface area contributed by atoms with Crippen molar-refractivity contribution in [3.63, 3.8) is 0 Å². The summed E-state index contributed by atoms with van der Waals surface area (Å²) in [5, 5.41) is 3.04. The molecular formula is C24H26N2O6S. The predicted molar refractivity (Wildman–Crippen MR) is 122 cm³/mol. The standard InChI is InChI=1S/C24H26N2O6S/c1-16(2)23(18-7-10-21-22(14-18)32-13-12-31-21)26-24(27)17-5-8-20(9-6-17)33(28,29)25-15-19-4-3-11-30-19/h3-11,14,16,23,25H,12-13,15H2,1-2H3,(H,26,27). The molecule has 1 amide bonds. The van der Waals surface area contributed by atoms with E-state index in [-0.39, 0.29) is 29.3 Å². The minimum Gasteiger partial charge on any atom is -0.486 e. The topological polar surface area (TPSA) is 107 Å². The molecule has 2 N–H and O–H groups in total. The van der Waals surface area contributed by atoms with Gasteiger partial charge in [-0.15, -0.1) is 0 Å². The Kier molecular flexibility index (Phi) is 6.71. The van der Waals surface area contributed by atoms with Gasteiger partial charge in [-0.2, -0.15) is 0 Å². The highest BCUT2D eigenvalue weighted by Gasteiger charge is 2.22. The van der Waals surface area contributed by atoms with Crippen molar-refractivity contribution in [2.24, 2.45) is 5.92 Å². The molecule has 0 bridgehead atoms. The third kappa shape index (κ3) is 5.37. The second kappa shape index (κ2) is 9.68. The molecular weight excluding hydrogens is 444 g/mol. The first-order valence-corrected chi connectivity index (χ1v) is 12.1. The Bertz CT molecular complexity index is 1200. The smallest absolute Gasteiger partial charge is 0.251 e. The summed E-state index contributed by atoms with van der Waals surface area (Å²) >= 11 is 0. The molecule has 2 heterocycles. The van der Waals surface area contributed by atoms with Crippen molar-refractivity contribution in [3.8, 4) is 11.5 Å². The van der Waals surface area contributed by atoms with Crippen LogP contribution in [-0.4, -0.2) is 27.5 Å². The zero-order chi connectivity index (χ0) is 23.4. The van der Waals surface area contributed by atoms with E-state index in [2.05, 4.69) is 10.0 Å². The van der Waals surface area contributed by atoms with E-state index in [0.717, 1.165) is 5.56 Å². The number of benzene rings is 2. The SMILES string of the molecule is CC(C)C(NC(=O)c1ccc(S(=O)(=O)NCc2ccco2)cc1)c1ccc2c(c1)OCCO2. The van der Waals surface area contributed by atoms with E-state index < -0.39 is 10.0 Å². The average molecular weight is 471 g/mol. The second-order valence-electron chi connectivity index (χ2n) is 8.03. The highest BCUT2D eigenvalue weighted by Crippen LogP contribution is 2.34. The van der Waals surface area contributed by atoms with E-state index in [1.54, 1.807) is 12.1 Å². The molecule has 3 aromatic rings. The quantitative estimate of drug-likeness (QED) is 0.520. The molecule has 1 aliphatic rings. The number of ether oxygens (including phenoxy) is 2. The fourth-order valence-electron chi connectivity index (χ4n) is 3.56. The summed E-state index contributed by atoms with van der Waals surface area (Å²) in [5.41, 5.74) is 1.27. The van der Waals surface area contributed by atoms with Gasteiger partial charge in [0.2, 0.25) is 10.0 Å². The first kappa shape index (κ1) is 22.9. The summed E-state index contributed by atoms with van der Waals surface area (Å²) in [7, 11) is -3.73. The molecule has 0 radical (unpaired) electrons. The lowest BCUT2D eigenvalue weighted by molar-refractivity contribution is 0.0925. The number of fused-ring (bicyclic) bond motifs is 1. The molecule has 33 heavy (non-hydrogen) atoms. The van der Waals surface area contributed by atoms with Crippen LogP contribution in [0.1, 0.15) is 41.6 Å². The molecule has 8 nitrogen and oxygen atoms in total. The van der Waals surface area contributed by atoms with Gasteiger partial charge in [0.1, 0.15) is 19.0 Å². The summed E-state index contributed by atoms with van der Waals surface area (Å²) in [5.74, 6) is 1.68. The zero-order valence-corrected chi connectivity index (χ0v) is 19.2. The van der Waals surface area contributed by atoms with Gasteiger partial charge in [0.25, 0.3) is 5.91 Å². The van der Waals surface area contributed by atoms with Crippen molar-refractivity contribution in [1.29, 1.82) is 0 Å². The number of nitrogens with one attached hydrogen (secondary N) is 2. The van der Waals surface area contributed by atoms with Gasteiger partial charge in [-0.05, 0) is 60.0 Å². The Labute approximate surface area is 193 Å². The van der Waals surface area contributed by atoms with Crippen LogP contribution in [0.25, 0.3) is 0 Å². The number of carbonyl (C=O) groups is 1. The lowest BCUT2D eigenvalue weighted by Crippen LogP contribution is -2.32. The van der Waals surface area contributed by atoms with E-state index in [1.807, 2.05) is 32.0 Å². The largest absolute Gasteiger partial charge is 0.486 e. The maximum Gasteiger partial charge on any atom is 0.251 e. The number of hydrogen-bond acceptors (Lipinski definition) is 6. The summed E-state index contributed by atoms with van der Waals surface area (Å²) in [4.78, 5) is 13.0. The van der Waals surface area contributed by atoms with Crippen molar-refractivity contribution >= 4 is 15.9 Å². The van der Waals surface area contributed by atoms with Crippen molar-refractivity contribution in [3.05, 3.63) is 77.7 Å². The van der Waals surface area contributed by atoms with Crippen molar-refractivity contribution in [2.75, 3.05) is 13.2 Å². The van der Waals surface area contributed by atoms with Crippen LogP contribution in [0.4, 0.5) is 0 Å².